The number of aromatic nitrogens is 3. The Morgan fingerprint density at radius 2 is 2.22 bits per heavy atom. The average Bonchev–Trinajstić information content (AvgIpc) is 2.68. The summed E-state index contributed by atoms with van der Waals surface area (Å²) < 4.78 is 14.7. The molecule has 0 fully saturated rings. The Kier molecular flexibility index (Phi) is 3.36. The zero-order valence-corrected chi connectivity index (χ0v) is 9.80. The minimum absolute atomic E-state index is 0.0256. The molecule has 0 radical (unpaired) electrons. The van der Waals surface area contributed by atoms with Crippen molar-refractivity contribution in [3.05, 3.63) is 36.0 Å². The molecule has 0 amide bonds. The van der Waals surface area contributed by atoms with Crippen LogP contribution in [-0.2, 0) is 18.3 Å². The van der Waals surface area contributed by atoms with Gasteiger partial charge in [0.2, 0.25) is 0 Å². The predicted molar refractivity (Wildman–Crippen MR) is 62.4 cm³/mol. The highest BCUT2D eigenvalue weighted by atomic mass is 19.1. The Bertz CT molecular complexity index is 580. The maximum atomic E-state index is 13.1. The number of carbonyl (C=O) groups is 1. The summed E-state index contributed by atoms with van der Waals surface area (Å²) in [5.74, 6) is -1.28. The number of rotatable bonds is 4. The monoisotopic (exact) mass is 249 g/mol. The topological polar surface area (TPSA) is 68.0 Å². The lowest BCUT2D eigenvalue weighted by Gasteiger charge is -2.00. The van der Waals surface area contributed by atoms with E-state index in [4.69, 9.17) is 5.11 Å². The van der Waals surface area contributed by atoms with E-state index in [0.29, 0.717) is 23.4 Å². The molecular formula is C12H12FN3O2. The summed E-state index contributed by atoms with van der Waals surface area (Å²) in [4.78, 5) is 14.3. The van der Waals surface area contributed by atoms with Crippen molar-refractivity contribution in [1.82, 2.24) is 14.8 Å². The van der Waals surface area contributed by atoms with Crippen molar-refractivity contribution in [3.63, 3.8) is 0 Å². The molecular weight excluding hydrogens is 237 g/mol. The largest absolute Gasteiger partial charge is 0.481 e. The van der Waals surface area contributed by atoms with Gasteiger partial charge >= 0.3 is 5.97 Å². The molecule has 6 heteroatoms. The molecule has 0 atom stereocenters. The normalized spacial score (nSPS) is 10.6. The van der Waals surface area contributed by atoms with Crippen LogP contribution in [-0.4, -0.2) is 25.8 Å². The number of carboxylic acids is 1. The zero-order valence-electron chi connectivity index (χ0n) is 9.80. The van der Waals surface area contributed by atoms with E-state index in [0.717, 1.165) is 6.20 Å². The van der Waals surface area contributed by atoms with E-state index in [1.807, 2.05) is 0 Å². The van der Waals surface area contributed by atoms with E-state index < -0.39 is 11.8 Å². The highest BCUT2D eigenvalue weighted by Crippen LogP contribution is 2.20. The van der Waals surface area contributed by atoms with Crippen LogP contribution in [0.4, 0.5) is 4.39 Å². The molecule has 1 N–H and O–H groups in total. The second-order valence-electron chi connectivity index (χ2n) is 3.93. The third-order valence-electron chi connectivity index (χ3n) is 2.53. The van der Waals surface area contributed by atoms with Gasteiger partial charge in [0.1, 0.15) is 5.82 Å². The molecule has 0 aliphatic carbocycles. The maximum absolute atomic E-state index is 13.1. The van der Waals surface area contributed by atoms with E-state index in [-0.39, 0.29) is 6.42 Å². The van der Waals surface area contributed by atoms with Crippen LogP contribution in [0.3, 0.4) is 0 Å². The molecule has 0 unspecified atom stereocenters. The smallest absolute Gasteiger partial charge is 0.303 e. The van der Waals surface area contributed by atoms with Gasteiger partial charge in [-0.15, -0.1) is 0 Å². The minimum atomic E-state index is -0.866. The summed E-state index contributed by atoms with van der Waals surface area (Å²) in [5, 5.41) is 12.8. The van der Waals surface area contributed by atoms with Gasteiger partial charge in [-0.1, -0.05) is 0 Å². The first-order valence-electron chi connectivity index (χ1n) is 5.42. The number of halogens is 1. The number of nitrogens with zero attached hydrogens (tertiary/aromatic N) is 3. The van der Waals surface area contributed by atoms with Gasteiger partial charge in [-0.3, -0.25) is 14.5 Å². The summed E-state index contributed by atoms with van der Waals surface area (Å²) in [5.41, 5.74) is 1.99. The third kappa shape index (κ3) is 2.71. The molecule has 0 saturated carbocycles. The molecule has 0 saturated heterocycles. The molecule has 2 aromatic heterocycles. The van der Waals surface area contributed by atoms with Crippen molar-refractivity contribution < 1.29 is 14.3 Å². The van der Waals surface area contributed by atoms with Crippen LogP contribution in [0.25, 0.3) is 11.3 Å². The molecule has 0 aromatic carbocycles. The first kappa shape index (κ1) is 12.2. The molecule has 0 bridgehead atoms. The lowest BCUT2D eigenvalue weighted by Crippen LogP contribution is -1.99. The van der Waals surface area contributed by atoms with E-state index >= 15 is 0 Å². The summed E-state index contributed by atoms with van der Waals surface area (Å²) in [6.45, 7) is 0. The fourth-order valence-electron chi connectivity index (χ4n) is 1.71. The van der Waals surface area contributed by atoms with Gasteiger partial charge in [0.05, 0.1) is 24.0 Å². The van der Waals surface area contributed by atoms with Crippen molar-refractivity contribution in [2.45, 2.75) is 12.8 Å². The molecule has 2 rings (SSSR count). The summed E-state index contributed by atoms with van der Waals surface area (Å²) in [6.07, 6.45) is 3.05. The van der Waals surface area contributed by atoms with Gasteiger partial charge < -0.3 is 5.11 Å². The van der Waals surface area contributed by atoms with Gasteiger partial charge in [-0.05, 0) is 12.1 Å². The van der Waals surface area contributed by atoms with Crippen molar-refractivity contribution in [2.75, 3.05) is 0 Å². The number of hydrogen-bond donors (Lipinski definition) is 1. The van der Waals surface area contributed by atoms with Crippen LogP contribution in [0, 0.1) is 5.82 Å². The predicted octanol–water partition coefficient (Wildman–Crippen LogP) is 1.64. The fourth-order valence-corrected chi connectivity index (χ4v) is 1.71. The fraction of sp³-hybridized carbons (Fsp3) is 0.250. The van der Waals surface area contributed by atoms with Crippen LogP contribution >= 0.6 is 0 Å². The Labute approximate surface area is 103 Å². The zero-order chi connectivity index (χ0) is 13.1. The van der Waals surface area contributed by atoms with Crippen molar-refractivity contribution in [1.29, 1.82) is 0 Å². The van der Waals surface area contributed by atoms with E-state index in [1.165, 1.54) is 6.07 Å². The lowest BCUT2D eigenvalue weighted by atomic mass is 10.1. The number of hydrogen-bond acceptors (Lipinski definition) is 3. The second-order valence-corrected chi connectivity index (χ2v) is 3.93. The van der Waals surface area contributed by atoms with E-state index in [1.54, 1.807) is 24.0 Å². The van der Waals surface area contributed by atoms with Crippen LogP contribution in [0.5, 0.6) is 0 Å². The molecule has 2 heterocycles. The highest BCUT2D eigenvalue weighted by Gasteiger charge is 2.09. The first-order valence-corrected chi connectivity index (χ1v) is 5.42. The molecule has 2 aromatic rings. The van der Waals surface area contributed by atoms with Crippen LogP contribution in [0.15, 0.2) is 24.5 Å². The molecule has 0 aliphatic heterocycles. The van der Waals surface area contributed by atoms with E-state index in [9.17, 15) is 9.18 Å². The van der Waals surface area contributed by atoms with Crippen LogP contribution in [0.2, 0.25) is 0 Å². The number of carboxylic acid groups (broad SMARTS) is 1. The van der Waals surface area contributed by atoms with Crippen LogP contribution < -0.4 is 0 Å². The highest BCUT2D eigenvalue weighted by molar-refractivity contribution is 5.67. The Morgan fingerprint density at radius 3 is 2.89 bits per heavy atom. The van der Waals surface area contributed by atoms with Gasteiger partial charge in [0.25, 0.3) is 0 Å². The van der Waals surface area contributed by atoms with Crippen LogP contribution in [0.1, 0.15) is 12.1 Å². The summed E-state index contributed by atoms with van der Waals surface area (Å²) in [6, 6.07) is 3.12. The molecule has 0 aliphatic rings. The Morgan fingerprint density at radius 1 is 1.44 bits per heavy atom. The van der Waals surface area contributed by atoms with Gasteiger partial charge in [0, 0.05) is 25.2 Å². The number of aryl methyl sites for hydroxylation is 2. The van der Waals surface area contributed by atoms with Gasteiger partial charge in [0.15, 0.2) is 0 Å². The van der Waals surface area contributed by atoms with Crippen molar-refractivity contribution >= 4 is 5.97 Å². The molecule has 5 nitrogen and oxygen atoms in total. The number of aliphatic carboxylic acids is 1. The Hall–Kier alpha value is -2.24. The van der Waals surface area contributed by atoms with Gasteiger partial charge in [-0.25, -0.2) is 4.39 Å². The second kappa shape index (κ2) is 4.95. The minimum Gasteiger partial charge on any atom is -0.481 e. The number of pyridine rings is 1. The van der Waals surface area contributed by atoms with E-state index in [2.05, 4.69) is 10.1 Å². The lowest BCUT2D eigenvalue weighted by molar-refractivity contribution is -0.136. The van der Waals surface area contributed by atoms with Crippen molar-refractivity contribution in [2.24, 2.45) is 7.05 Å². The SMILES string of the molecule is Cn1nc(CCC(=O)O)cc1-c1cncc(F)c1. The quantitative estimate of drug-likeness (QED) is 0.894. The standard InChI is InChI=1S/C12H12FN3O2/c1-16-11(8-4-9(13)7-14-6-8)5-10(15-16)2-3-12(17)18/h4-7H,2-3H2,1H3,(H,17,18). The van der Waals surface area contributed by atoms with Gasteiger partial charge in [-0.2, -0.15) is 5.10 Å². The maximum Gasteiger partial charge on any atom is 0.303 e. The average molecular weight is 249 g/mol. The van der Waals surface area contributed by atoms with Crippen molar-refractivity contribution in [3.8, 4) is 11.3 Å². The Balaban J connectivity index is 2.26. The summed E-state index contributed by atoms with van der Waals surface area (Å²) in [7, 11) is 1.73. The third-order valence-corrected chi connectivity index (χ3v) is 2.53. The molecule has 18 heavy (non-hydrogen) atoms. The molecule has 94 valence electrons. The summed E-state index contributed by atoms with van der Waals surface area (Å²) >= 11 is 0. The molecule has 0 spiro atoms. The first-order chi connectivity index (χ1) is 8.56.